The lowest BCUT2D eigenvalue weighted by atomic mass is 9.72. The minimum Gasteiger partial charge on any atom is -0.347 e. The van der Waals surface area contributed by atoms with Gasteiger partial charge in [0.15, 0.2) is 5.71 Å². The Kier molecular flexibility index (Phi) is 7.59. The van der Waals surface area contributed by atoms with E-state index in [0.717, 1.165) is 12.8 Å². The zero-order valence-corrected chi connectivity index (χ0v) is 30.6. The second-order valence-corrected chi connectivity index (χ2v) is 16.2. The van der Waals surface area contributed by atoms with Crippen molar-refractivity contribution in [2.24, 2.45) is 5.41 Å². The van der Waals surface area contributed by atoms with Gasteiger partial charge in [-0.05, 0) is 114 Å². The molecule has 0 N–H and O–H groups in total. The lowest BCUT2D eigenvalue weighted by Gasteiger charge is -2.32. The molecule has 4 aromatic rings. The summed E-state index contributed by atoms with van der Waals surface area (Å²) in [5.74, 6) is 0. The number of rotatable bonds is 4. The molecule has 0 amide bonds. The number of allylic oxidation sites excluding steroid dienone is 10. The van der Waals surface area contributed by atoms with E-state index >= 15 is 0 Å². The van der Waals surface area contributed by atoms with Crippen molar-refractivity contribution < 1.29 is 4.58 Å². The Morgan fingerprint density at radius 2 is 1.38 bits per heavy atom. The van der Waals surface area contributed by atoms with Crippen molar-refractivity contribution in [2.45, 2.75) is 79.1 Å². The van der Waals surface area contributed by atoms with Crippen LogP contribution in [-0.4, -0.2) is 24.4 Å². The fourth-order valence-electron chi connectivity index (χ4n) is 8.92. The first-order chi connectivity index (χ1) is 22.7. The minimum atomic E-state index is -0.0841. The standard InChI is InChI=1S/C46H51N2/c1-30(19-25-40-45(5,6)42-36-17-13-11-15-32(36)21-23-38(42)47(40)9)34-27-35(29-44(3,4)28-34)31(2)20-26-41-46(7,8)43-37-18-14-12-16-33(37)22-24-39(43)48(41)10/h11-27H,28-29H2,1-10H3/q+1. The van der Waals surface area contributed by atoms with Crippen molar-refractivity contribution in [3.63, 3.8) is 0 Å². The molecule has 2 heteroatoms. The van der Waals surface area contributed by atoms with E-state index in [2.05, 4.69) is 182 Å². The van der Waals surface area contributed by atoms with Crippen LogP contribution in [0.4, 0.5) is 11.4 Å². The van der Waals surface area contributed by atoms with Crippen LogP contribution in [0.5, 0.6) is 0 Å². The number of likely N-dealkylation sites (N-methyl/N-ethyl adjacent to an activating group) is 1. The largest absolute Gasteiger partial charge is 0.347 e. The zero-order chi connectivity index (χ0) is 34.2. The van der Waals surface area contributed by atoms with Crippen LogP contribution >= 0.6 is 0 Å². The van der Waals surface area contributed by atoms with Gasteiger partial charge in [0.2, 0.25) is 5.69 Å². The van der Waals surface area contributed by atoms with Gasteiger partial charge in [0.25, 0.3) is 0 Å². The second kappa shape index (κ2) is 11.3. The first-order valence-corrected chi connectivity index (χ1v) is 17.6. The summed E-state index contributed by atoms with van der Waals surface area (Å²) in [6.45, 7) is 18.9. The molecular formula is C46H51N2+. The fourth-order valence-corrected chi connectivity index (χ4v) is 8.92. The van der Waals surface area contributed by atoms with E-state index in [9.17, 15) is 0 Å². The van der Waals surface area contributed by atoms with Crippen LogP contribution in [0.1, 0.15) is 79.4 Å². The highest BCUT2D eigenvalue weighted by Crippen LogP contribution is 2.50. The number of benzene rings is 4. The molecule has 1 aliphatic carbocycles. The van der Waals surface area contributed by atoms with E-state index < -0.39 is 0 Å². The Morgan fingerprint density at radius 3 is 2.06 bits per heavy atom. The van der Waals surface area contributed by atoms with Crippen molar-refractivity contribution in [2.75, 3.05) is 19.0 Å². The topological polar surface area (TPSA) is 6.25 Å². The Labute approximate surface area is 288 Å². The van der Waals surface area contributed by atoms with Crippen LogP contribution in [0, 0.1) is 5.41 Å². The van der Waals surface area contributed by atoms with Crippen LogP contribution < -0.4 is 4.90 Å². The molecule has 2 nitrogen and oxygen atoms in total. The molecule has 2 aliphatic heterocycles. The van der Waals surface area contributed by atoms with Crippen molar-refractivity contribution in [3.05, 3.63) is 142 Å². The van der Waals surface area contributed by atoms with Gasteiger partial charge in [0, 0.05) is 41.6 Å². The van der Waals surface area contributed by atoms with Crippen molar-refractivity contribution >= 4 is 38.6 Å². The number of anilines is 1. The molecule has 244 valence electrons. The Balaban J connectivity index is 1.21. The number of hydrogen-bond donors (Lipinski definition) is 0. The predicted octanol–water partition coefficient (Wildman–Crippen LogP) is 11.9. The van der Waals surface area contributed by atoms with Crippen molar-refractivity contribution in [3.8, 4) is 0 Å². The summed E-state index contributed by atoms with van der Waals surface area (Å²) in [5, 5.41) is 5.33. The average molecular weight is 632 g/mol. The molecule has 0 spiro atoms. The van der Waals surface area contributed by atoms with Gasteiger partial charge >= 0.3 is 0 Å². The van der Waals surface area contributed by atoms with E-state index in [0.29, 0.717) is 0 Å². The van der Waals surface area contributed by atoms with Crippen molar-refractivity contribution in [1.29, 1.82) is 0 Å². The minimum absolute atomic E-state index is 0.0841. The van der Waals surface area contributed by atoms with Crippen LogP contribution in [0.3, 0.4) is 0 Å². The molecule has 0 fully saturated rings. The molecule has 0 atom stereocenters. The lowest BCUT2D eigenvalue weighted by Crippen LogP contribution is -2.27. The summed E-state index contributed by atoms with van der Waals surface area (Å²) >= 11 is 0. The van der Waals surface area contributed by atoms with Gasteiger partial charge in [-0.1, -0.05) is 101 Å². The maximum Gasteiger partial charge on any atom is 0.210 e. The van der Waals surface area contributed by atoms with E-state index in [1.54, 1.807) is 0 Å². The summed E-state index contributed by atoms with van der Waals surface area (Å²) in [7, 11) is 4.44. The van der Waals surface area contributed by atoms with E-state index in [1.165, 1.54) is 77.7 Å². The van der Waals surface area contributed by atoms with Crippen LogP contribution in [0.25, 0.3) is 21.5 Å². The average Bonchev–Trinajstić information content (AvgIpc) is 3.38. The van der Waals surface area contributed by atoms with Gasteiger partial charge in [-0.15, -0.1) is 0 Å². The Morgan fingerprint density at radius 1 is 0.750 bits per heavy atom. The van der Waals surface area contributed by atoms with Crippen molar-refractivity contribution in [1.82, 2.24) is 0 Å². The van der Waals surface area contributed by atoms with E-state index in [-0.39, 0.29) is 16.2 Å². The molecule has 48 heavy (non-hydrogen) atoms. The zero-order valence-electron chi connectivity index (χ0n) is 30.6. The Hall–Kier alpha value is -4.43. The summed E-state index contributed by atoms with van der Waals surface area (Å²) < 4.78 is 2.39. The molecule has 0 saturated heterocycles. The highest BCUT2D eigenvalue weighted by Gasteiger charge is 2.44. The van der Waals surface area contributed by atoms with Crippen LogP contribution in [0.15, 0.2) is 131 Å². The normalized spacial score (nSPS) is 21.8. The van der Waals surface area contributed by atoms with Crippen LogP contribution in [0.2, 0.25) is 0 Å². The molecule has 4 aromatic carbocycles. The lowest BCUT2D eigenvalue weighted by molar-refractivity contribution is -0.401. The van der Waals surface area contributed by atoms with Gasteiger partial charge in [0.1, 0.15) is 7.05 Å². The molecule has 2 heterocycles. The van der Waals surface area contributed by atoms with E-state index in [1.807, 2.05) is 0 Å². The maximum absolute atomic E-state index is 2.48. The molecule has 0 unspecified atom stereocenters. The first kappa shape index (κ1) is 32.1. The van der Waals surface area contributed by atoms with Gasteiger partial charge < -0.3 is 4.90 Å². The van der Waals surface area contributed by atoms with Gasteiger partial charge in [-0.3, -0.25) is 0 Å². The third-order valence-electron chi connectivity index (χ3n) is 11.5. The first-order valence-electron chi connectivity index (χ1n) is 17.6. The third kappa shape index (κ3) is 5.12. The smallest absolute Gasteiger partial charge is 0.210 e. The fraction of sp³-hybridized carbons (Fsp3) is 0.326. The van der Waals surface area contributed by atoms with Gasteiger partial charge in [-0.25, -0.2) is 0 Å². The highest BCUT2D eigenvalue weighted by molar-refractivity contribution is 6.07. The SMILES string of the molecule is C/C(=C\C=C1/N(C)c2ccc3ccccc3c2C1(C)C)C1=C/C(=C(C)/C=C/C2=[N+](C)c3ccc4ccccc4c3C2(C)C)CC(C)(C)C1. The second-order valence-electron chi connectivity index (χ2n) is 16.2. The molecule has 0 aromatic heterocycles. The number of hydrogen-bond acceptors (Lipinski definition) is 1. The molecule has 3 aliphatic rings. The summed E-state index contributed by atoms with van der Waals surface area (Å²) in [6.07, 6.45) is 14.1. The number of fused-ring (bicyclic) bond motifs is 6. The molecule has 0 bridgehead atoms. The monoisotopic (exact) mass is 631 g/mol. The molecular weight excluding hydrogens is 581 g/mol. The highest BCUT2D eigenvalue weighted by atomic mass is 15.2. The summed E-state index contributed by atoms with van der Waals surface area (Å²) in [5.41, 5.74) is 13.8. The summed E-state index contributed by atoms with van der Waals surface area (Å²) in [4.78, 5) is 2.39. The van der Waals surface area contributed by atoms with E-state index in [4.69, 9.17) is 0 Å². The molecule has 0 radical (unpaired) electrons. The molecule has 7 rings (SSSR count). The number of nitrogens with zero attached hydrogens (tertiary/aromatic N) is 2. The quantitative estimate of drug-likeness (QED) is 0.203. The molecule has 0 saturated carbocycles. The Bertz CT molecular complexity index is 2190. The third-order valence-corrected chi connectivity index (χ3v) is 11.5. The predicted molar refractivity (Wildman–Crippen MR) is 208 cm³/mol. The van der Waals surface area contributed by atoms with Gasteiger partial charge in [0.05, 0.1) is 5.41 Å². The maximum atomic E-state index is 2.48. The van der Waals surface area contributed by atoms with Crippen LogP contribution in [-0.2, 0) is 10.8 Å². The summed E-state index contributed by atoms with van der Waals surface area (Å²) in [6, 6.07) is 26.7. The van der Waals surface area contributed by atoms with Gasteiger partial charge in [-0.2, -0.15) is 4.58 Å².